The number of H-pyrrole nitrogens is 1. The van der Waals surface area contributed by atoms with Gasteiger partial charge in [0.15, 0.2) is 0 Å². The third-order valence-corrected chi connectivity index (χ3v) is 2.39. The van der Waals surface area contributed by atoms with E-state index in [1.807, 2.05) is 6.92 Å². The lowest BCUT2D eigenvalue weighted by atomic mass is 10.1. The van der Waals surface area contributed by atoms with E-state index in [-0.39, 0.29) is 0 Å². The molecule has 0 saturated heterocycles. The monoisotopic (exact) mass is 182 g/mol. The summed E-state index contributed by atoms with van der Waals surface area (Å²) < 4.78 is 0.722. The minimum absolute atomic E-state index is 0.722. The van der Waals surface area contributed by atoms with Crippen LogP contribution >= 0.6 is 12.2 Å². The van der Waals surface area contributed by atoms with Gasteiger partial charge in [0.2, 0.25) is 0 Å². The van der Waals surface area contributed by atoms with Crippen LogP contribution in [0.4, 0.5) is 0 Å². The van der Waals surface area contributed by atoms with Gasteiger partial charge >= 0.3 is 0 Å². The lowest BCUT2D eigenvalue weighted by molar-refractivity contribution is 0.766. The summed E-state index contributed by atoms with van der Waals surface area (Å²) in [4.78, 5) is 7.14. The van der Waals surface area contributed by atoms with E-state index in [9.17, 15) is 0 Å². The van der Waals surface area contributed by atoms with Crippen LogP contribution in [-0.4, -0.2) is 9.97 Å². The normalized spacial score (nSPS) is 10.2. The molecule has 0 radical (unpaired) electrons. The zero-order chi connectivity index (χ0) is 8.97. The second-order valence-corrected chi connectivity index (χ2v) is 3.30. The first-order valence-corrected chi connectivity index (χ1v) is 4.69. The quantitative estimate of drug-likeness (QED) is 0.728. The van der Waals surface area contributed by atoms with Crippen molar-refractivity contribution < 1.29 is 0 Å². The highest BCUT2D eigenvalue weighted by Gasteiger charge is 1.98. The summed E-state index contributed by atoms with van der Waals surface area (Å²) in [7, 11) is 0. The standard InChI is InChI=1S/C9H14N2S/c1-3-4-5-8-7(2)9(12)11-6-10-8/h6H,3-5H2,1-2H3,(H,10,11,12). The molecule has 12 heavy (non-hydrogen) atoms. The minimum atomic E-state index is 0.722. The minimum Gasteiger partial charge on any atom is -0.349 e. The van der Waals surface area contributed by atoms with E-state index in [1.54, 1.807) is 6.33 Å². The highest BCUT2D eigenvalue weighted by Crippen LogP contribution is 2.07. The van der Waals surface area contributed by atoms with Crippen LogP contribution in [0.25, 0.3) is 0 Å². The van der Waals surface area contributed by atoms with Crippen LogP contribution in [0.2, 0.25) is 0 Å². The average molecular weight is 182 g/mol. The summed E-state index contributed by atoms with van der Waals surface area (Å²) in [5.74, 6) is 0. The Kier molecular flexibility index (Phi) is 3.41. The van der Waals surface area contributed by atoms with Gasteiger partial charge in [-0.25, -0.2) is 4.98 Å². The number of rotatable bonds is 3. The van der Waals surface area contributed by atoms with Crippen molar-refractivity contribution in [2.24, 2.45) is 0 Å². The first kappa shape index (κ1) is 9.39. The number of aryl methyl sites for hydroxylation is 1. The second-order valence-electron chi connectivity index (χ2n) is 2.91. The molecule has 66 valence electrons. The fourth-order valence-corrected chi connectivity index (χ4v) is 1.29. The predicted octanol–water partition coefficient (Wildman–Crippen LogP) is 2.79. The second kappa shape index (κ2) is 4.36. The van der Waals surface area contributed by atoms with Crippen LogP contribution in [-0.2, 0) is 6.42 Å². The van der Waals surface area contributed by atoms with Gasteiger partial charge in [0.05, 0.1) is 6.33 Å². The number of nitrogens with zero attached hydrogens (tertiary/aromatic N) is 1. The van der Waals surface area contributed by atoms with Crippen molar-refractivity contribution in [3.63, 3.8) is 0 Å². The van der Waals surface area contributed by atoms with Gasteiger partial charge in [0.25, 0.3) is 0 Å². The zero-order valence-electron chi connectivity index (χ0n) is 7.55. The smallest absolute Gasteiger partial charge is 0.132 e. The van der Waals surface area contributed by atoms with Gasteiger partial charge in [-0.1, -0.05) is 25.6 Å². The molecule has 0 amide bonds. The van der Waals surface area contributed by atoms with Crippen molar-refractivity contribution in [3.8, 4) is 0 Å². The van der Waals surface area contributed by atoms with Crippen LogP contribution in [0.15, 0.2) is 6.33 Å². The maximum Gasteiger partial charge on any atom is 0.132 e. The van der Waals surface area contributed by atoms with Gasteiger partial charge in [0, 0.05) is 11.3 Å². The number of aromatic amines is 1. The number of aromatic nitrogens is 2. The fourth-order valence-electron chi connectivity index (χ4n) is 1.12. The highest BCUT2D eigenvalue weighted by atomic mass is 32.1. The molecule has 3 heteroatoms. The Morgan fingerprint density at radius 2 is 2.33 bits per heavy atom. The van der Waals surface area contributed by atoms with Crippen molar-refractivity contribution in [2.75, 3.05) is 0 Å². The maximum atomic E-state index is 5.06. The maximum absolute atomic E-state index is 5.06. The van der Waals surface area contributed by atoms with Gasteiger partial charge in [0.1, 0.15) is 4.64 Å². The van der Waals surface area contributed by atoms with Gasteiger partial charge in [-0.05, 0) is 19.8 Å². The molecule has 1 rings (SSSR count). The molecule has 0 bridgehead atoms. The zero-order valence-corrected chi connectivity index (χ0v) is 8.37. The van der Waals surface area contributed by atoms with Crippen molar-refractivity contribution in [2.45, 2.75) is 33.1 Å². The van der Waals surface area contributed by atoms with E-state index in [1.165, 1.54) is 18.5 Å². The summed E-state index contributed by atoms with van der Waals surface area (Å²) in [6.45, 7) is 4.21. The van der Waals surface area contributed by atoms with E-state index in [4.69, 9.17) is 12.2 Å². The highest BCUT2D eigenvalue weighted by molar-refractivity contribution is 7.71. The molecule has 0 aliphatic rings. The number of unbranched alkanes of at least 4 members (excludes halogenated alkanes) is 1. The van der Waals surface area contributed by atoms with Crippen molar-refractivity contribution in [1.29, 1.82) is 0 Å². The molecule has 0 fully saturated rings. The van der Waals surface area contributed by atoms with Gasteiger partial charge < -0.3 is 4.98 Å². The Hall–Kier alpha value is -0.700. The fraction of sp³-hybridized carbons (Fsp3) is 0.556. The molecule has 0 aliphatic carbocycles. The molecular formula is C9H14N2S. The molecule has 1 aromatic heterocycles. The SMILES string of the molecule is CCCCc1[nH]cnc(=S)c1C. The van der Waals surface area contributed by atoms with Crippen molar-refractivity contribution >= 4 is 12.2 Å². The van der Waals surface area contributed by atoms with Crippen LogP contribution < -0.4 is 0 Å². The summed E-state index contributed by atoms with van der Waals surface area (Å²) in [6.07, 6.45) is 5.17. The Labute approximate surface area is 78.1 Å². The van der Waals surface area contributed by atoms with Crippen LogP contribution in [0.3, 0.4) is 0 Å². The third-order valence-electron chi connectivity index (χ3n) is 1.97. The summed E-state index contributed by atoms with van der Waals surface area (Å²) in [6, 6.07) is 0. The number of hydrogen-bond donors (Lipinski definition) is 1. The Balaban J connectivity index is 2.85. The summed E-state index contributed by atoms with van der Waals surface area (Å²) in [5.41, 5.74) is 2.36. The van der Waals surface area contributed by atoms with Crippen molar-refractivity contribution in [1.82, 2.24) is 9.97 Å². The molecule has 1 heterocycles. The van der Waals surface area contributed by atoms with Crippen LogP contribution in [0.5, 0.6) is 0 Å². The number of nitrogens with one attached hydrogen (secondary N) is 1. The van der Waals surface area contributed by atoms with E-state index in [0.29, 0.717) is 0 Å². The molecule has 2 nitrogen and oxygen atoms in total. The molecule has 0 atom stereocenters. The molecule has 0 aliphatic heterocycles. The molecule has 0 aromatic carbocycles. The van der Waals surface area contributed by atoms with E-state index >= 15 is 0 Å². The summed E-state index contributed by atoms with van der Waals surface area (Å²) >= 11 is 5.06. The van der Waals surface area contributed by atoms with E-state index in [2.05, 4.69) is 16.9 Å². The van der Waals surface area contributed by atoms with Crippen LogP contribution in [0.1, 0.15) is 31.0 Å². The molecule has 1 N–H and O–H groups in total. The molecular weight excluding hydrogens is 168 g/mol. The van der Waals surface area contributed by atoms with E-state index in [0.717, 1.165) is 16.6 Å². The van der Waals surface area contributed by atoms with Gasteiger partial charge in [-0.3, -0.25) is 0 Å². The first-order chi connectivity index (χ1) is 5.75. The molecule has 1 aromatic rings. The Morgan fingerprint density at radius 3 is 3.00 bits per heavy atom. The molecule has 0 saturated carbocycles. The molecule has 0 unspecified atom stereocenters. The Morgan fingerprint density at radius 1 is 1.58 bits per heavy atom. The lowest BCUT2D eigenvalue weighted by Crippen LogP contribution is -1.96. The number of hydrogen-bond acceptors (Lipinski definition) is 2. The largest absolute Gasteiger partial charge is 0.349 e. The summed E-state index contributed by atoms with van der Waals surface area (Å²) in [5, 5.41) is 0. The average Bonchev–Trinajstić information content (AvgIpc) is 2.08. The Bertz CT molecular complexity index is 304. The predicted molar refractivity (Wildman–Crippen MR) is 52.8 cm³/mol. The van der Waals surface area contributed by atoms with Gasteiger partial charge in [-0.2, -0.15) is 0 Å². The third kappa shape index (κ3) is 2.14. The molecule has 0 spiro atoms. The van der Waals surface area contributed by atoms with E-state index < -0.39 is 0 Å². The van der Waals surface area contributed by atoms with Crippen molar-refractivity contribution in [3.05, 3.63) is 22.2 Å². The first-order valence-electron chi connectivity index (χ1n) is 4.29. The van der Waals surface area contributed by atoms with Crippen LogP contribution in [0, 0.1) is 11.6 Å². The lowest BCUT2D eigenvalue weighted by Gasteiger charge is -2.03. The van der Waals surface area contributed by atoms with Gasteiger partial charge in [-0.15, -0.1) is 0 Å². The topological polar surface area (TPSA) is 28.7 Å².